The maximum absolute atomic E-state index is 3.66. The van der Waals surface area contributed by atoms with Crippen LogP contribution in [0.2, 0.25) is 0 Å². The molecule has 112 valence electrons. The summed E-state index contributed by atoms with van der Waals surface area (Å²) in [5.41, 5.74) is 3.04. The number of piperazine rings is 1. The van der Waals surface area contributed by atoms with E-state index in [0.29, 0.717) is 0 Å². The van der Waals surface area contributed by atoms with Gasteiger partial charge in [-0.25, -0.2) is 0 Å². The highest BCUT2D eigenvalue weighted by Crippen LogP contribution is 2.27. The van der Waals surface area contributed by atoms with Gasteiger partial charge in [0.2, 0.25) is 0 Å². The van der Waals surface area contributed by atoms with Gasteiger partial charge in [0.15, 0.2) is 0 Å². The summed E-state index contributed by atoms with van der Waals surface area (Å²) < 4.78 is 1.20. The van der Waals surface area contributed by atoms with Gasteiger partial charge in [0.1, 0.15) is 0 Å². The quantitative estimate of drug-likeness (QED) is 0.824. The van der Waals surface area contributed by atoms with E-state index in [4.69, 9.17) is 0 Å². The average Bonchev–Trinajstić information content (AvgIpc) is 2.38. The number of likely N-dealkylation sites (N-methyl/N-ethyl adjacent to an activating group) is 1. The molecule has 0 saturated carbocycles. The molecule has 0 unspecified atom stereocenters. The second-order valence-electron chi connectivity index (χ2n) is 6.81. The largest absolute Gasteiger partial charge is 0.301 e. The van der Waals surface area contributed by atoms with E-state index < -0.39 is 0 Å². The lowest BCUT2D eigenvalue weighted by Gasteiger charge is -2.34. The molecule has 3 heteroatoms. The molecule has 0 radical (unpaired) electrons. The van der Waals surface area contributed by atoms with Crippen LogP contribution >= 0.6 is 15.9 Å². The first-order valence-corrected chi connectivity index (χ1v) is 8.42. The third kappa shape index (κ3) is 4.31. The summed E-state index contributed by atoms with van der Waals surface area (Å²) in [6.45, 7) is 16.1. The van der Waals surface area contributed by atoms with Gasteiger partial charge < -0.3 is 4.90 Å². The number of halogens is 1. The van der Waals surface area contributed by atoms with E-state index in [1.165, 1.54) is 48.3 Å². The molecule has 1 aromatic rings. The Morgan fingerprint density at radius 3 is 2.15 bits per heavy atom. The topological polar surface area (TPSA) is 6.48 Å². The summed E-state index contributed by atoms with van der Waals surface area (Å²) in [5, 5.41) is 0. The summed E-state index contributed by atoms with van der Waals surface area (Å²) in [6, 6.07) is 6.89. The van der Waals surface area contributed by atoms with Crippen molar-refractivity contribution in [3.63, 3.8) is 0 Å². The molecule has 1 aromatic carbocycles. The maximum Gasteiger partial charge on any atom is 0.0235 e. The van der Waals surface area contributed by atoms with Crippen LogP contribution < -0.4 is 0 Å². The van der Waals surface area contributed by atoms with Gasteiger partial charge in [-0.3, -0.25) is 4.90 Å². The van der Waals surface area contributed by atoms with E-state index >= 15 is 0 Å². The molecule has 2 nitrogen and oxygen atoms in total. The first kappa shape index (κ1) is 16.0. The summed E-state index contributed by atoms with van der Waals surface area (Å²) in [7, 11) is 0. The third-order valence-electron chi connectivity index (χ3n) is 4.14. The van der Waals surface area contributed by atoms with Crippen molar-refractivity contribution in [1.29, 1.82) is 0 Å². The van der Waals surface area contributed by atoms with Crippen LogP contribution in [0.3, 0.4) is 0 Å². The fraction of sp³-hybridized carbons (Fsp3) is 0.647. The van der Waals surface area contributed by atoms with Crippen molar-refractivity contribution < 1.29 is 0 Å². The van der Waals surface area contributed by atoms with Crippen molar-refractivity contribution in [3.05, 3.63) is 33.8 Å². The molecule has 20 heavy (non-hydrogen) atoms. The van der Waals surface area contributed by atoms with Crippen LogP contribution in [0.1, 0.15) is 38.8 Å². The van der Waals surface area contributed by atoms with Crippen LogP contribution in [0, 0.1) is 0 Å². The standard InChI is InChI=1S/C17H27BrN2/c1-5-19-6-8-20(9-7-19)13-14-10-15(17(2,3)4)12-16(18)11-14/h10-12H,5-9,13H2,1-4H3. The summed E-state index contributed by atoms with van der Waals surface area (Å²) in [5.74, 6) is 0. The lowest BCUT2D eigenvalue weighted by Crippen LogP contribution is -2.45. The Labute approximate surface area is 132 Å². The second-order valence-corrected chi connectivity index (χ2v) is 7.72. The van der Waals surface area contributed by atoms with Crippen LogP contribution in [0.5, 0.6) is 0 Å². The van der Waals surface area contributed by atoms with Crippen molar-refractivity contribution in [1.82, 2.24) is 9.80 Å². The normalized spacial score (nSPS) is 18.4. The van der Waals surface area contributed by atoms with Crippen LogP contribution in [-0.2, 0) is 12.0 Å². The van der Waals surface area contributed by atoms with Gasteiger partial charge in [-0.2, -0.15) is 0 Å². The molecule has 0 spiro atoms. The van der Waals surface area contributed by atoms with Gasteiger partial charge in [0.05, 0.1) is 0 Å². The third-order valence-corrected chi connectivity index (χ3v) is 4.60. The van der Waals surface area contributed by atoms with Crippen LogP contribution in [0.4, 0.5) is 0 Å². The van der Waals surface area contributed by atoms with Gasteiger partial charge in [-0.05, 0) is 35.2 Å². The van der Waals surface area contributed by atoms with Crippen molar-refractivity contribution in [2.24, 2.45) is 0 Å². The predicted octanol–water partition coefficient (Wildman–Crippen LogP) is 3.88. The van der Waals surface area contributed by atoms with Crippen LogP contribution in [-0.4, -0.2) is 42.5 Å². The molecule has 1 aliphatic heterocycles. The molecule has 0 atom stereocenters. The maximum atomic E-state index is 3.66. The molecule has 0 bridgehead atoms. The van der Waals surface area contributed by atoms with Gasteiger partial charge in [-0.15, -0.1) is 0 Å². The minimum atomic E-state index is 0.208. The first-order chi connectivity index (χ1) is 9.38. The first-order valence-electron chi connectivity index (χ1n) is 7.63. The van der Waals surface area contributed by atoms with Crippen molar-refractivity contribution in [2.75, 3.05) is 32.7 Å². The Kier molecular flexibility index (Phi) is 5.27. The zero-order valence-corrected chi connectivity index (χ0v) is 14.8. The molecule has 1 aliphatic rings. The number of benzene rings is 1. The monoisotopic (exact) mass is 338 g/mol. The number of rotatable bonds is 3. The van der Waals surface area contributed by atoms with Crippen molar-refractivity contribution in [2.45, 2.75) is 39.7 Å². The van der Waals surface area contributed by atoms with Crippen molar-refractivity contribution >= 4 is 15.9 Å². The highest BCUT2D eigenvalue weighted by Gasteiger charge is 2.18. The predicted molar refractivity (Wildman–Crippen MR) is 90.2 cm³/mol. The van der Waals surface area contributed by atoms with Gasteiger partial charge in [-0.1, -0.05) is 49.7 Å². The minimum absolute atomic E-state index is 0.208. The molecule has 0 aromatic heterocycles. The molecule has 0 aliphatic carbocycles. The van der Waals surface area contributed by atoms with E-state index in [0.717, 1.165) is 6.54 Å². The SMILES string of the molecule is CCN1CCN(Cc2cc(Br)cc(C(C)(C)C)c2)CC1. The van der Waals surface area contributed by atoms with Crippen LogP contribution in [0.25, 0.3) is 0 Å². The fourth-order valence-corrected chi connectivity index (χ4v) is 3.24. The molecule has 2 rings (SSSR count). The smallest absolute Gasteiger partial charge is 0.0235 e. The van der Waals surface area contributed by atoms with E-state index in [1.807, 2.05) is 0 Å². The Morgan fingerprint density at radius 1 is 1.00 bits per heavy atom. The summed E-state index contributed by atoms with van der Waals surface area (Å²) in [4.78, 5) is 5.10. The number of hydrogen-bond acceptors (Lipinski definition) is 2. The highest BCUT2D eigenvalue weighted by atomic mass is 79.9. The fourth-order valence-electron chi connectivity index (χ4n) is 2.70. The highest BCUT2D eigenvalue weighted by molar-refractivity contribution is 9.10. The molecular formula is C17H27BrN2. The molecular weight excluding hydrogens is 312 g/mol. The van der Waals surface area contributed by atoms with E-state index in [-0.39, 0.29) is 5.41 Å². The lowest BCUT2D eigenvalue weighted by atomic mass is 9.86. The van der Waals surface area contributed by atoms with E-state index in [9.17, 15) is 0 Å². The molecule has 1 heterocycles. The summed E-state index contributed by atoms with van der Waals surface area (Å²) in [6.07, 6.45) is 0. The second kappa shape index (κ2) is 6.59. The zero-order valence-electron chi connectivity index (χ0n) is 13.2. The zero-order chi connectivity index (χ0) is 14.8. The lowest BCUT2D eigenvalue weighted by molar-refractivity contribution is 0.132. The molecule has 1 fully saturated rings. The molecule has 0 amide bonds. The molecule has 1 saturated heterocycles. The molecule has 0 N–H and O–H groups in total. The Morgan fingerprint density at radius 2 is 1.60 bits per heavy atom. The Bertz CT molecular complexity index is 443. The summed E-state index contributed by atoms with van der Waals surface area (Å²) >= 11 is 3.66. The Hall–Kier alpha value is -0.380. The van der Waals surface area contributed by atoms with E-state index in [1.54, 1.807) is 0 Å². The minimum Gasteiger partial charge on any atom is -0.301 e. The van der Waals surface area contributed by atoms with Gasteiger partial charge in [0.25, 0.3) is 0 Å². The van der Waals surface area contributed by atoms with Gasteiger partial charge in [0, 0.05) is 37.2 Å². The Balaban J connectivity index is 2.05. The number of hydrogen-bond donors (Lipinski definition) is 0. The van der Waals surface area contributed by atoms with Crippen molar-refractivity contribution in [3.8, 4) is 0 Å². The average molecular weight is 339 g/mol. The number of nitrogens with zero attached hydrogens (tertiary/aromatic N) is 2. The van der Waals surface area contributed by atoms with Gasteiger partial charge >= 0.3 is 0 Å². The van der Waals surface area contributed by atoms with E-state index in [2.05, 4.69) is 71.6 Å². The van der Waals surface area contributed by atoms with Crippen LogP contribution in [0.15, 0.2) is 22.7 Å².